The molecule has 0 radical (unpaired) electrons. The highest BCUT2D eigenvalue weighted by molar-refractivity contribution is 6.30. The Morgan fingerprint density at radius 3 is 2.51 bits per heavy atom. The van der Waals surface area contributed by atoms with E-state index in [0.29, 0.717) is 36.4 Å². The van der Waals surface area contributed by atoms with Gasteiger partial charge in [-0.2, -0.15) is 0 Å². The number of aromatic nitrogens is 2. The number of carbonyl (C=O) groups excluding carboxylic acids is 2. The number of ether oxygens (including phenoxy) is 1. The lowest BCUT2D eigenvalue weighted by Crippen LogP contribution is -2.41. The van der Waals surface area contributed by atoms with Gasteiger partial charge in [0.05, 0.1) is 12.2 Å². The van der Waals surface area contributed by atoms with Crippen molar-refractivity contribution in [3.63, 3.8) is 0 Å². The maximum atomic E-state index is 12.9. The Labute approximate surface area is 245 Å². The Morgan fingerprint density at radius 1 is 1.20 bits per heavy atom. The molecule has 11 heteroatoms. The molecule has 1 aliphatic rings. The number of carboxylic acid groups (broad SMARTS) is 1. The highest BCUT2D eigenvalue weighted by Crippen LogP contribution is 2.28. The maximum absolute atomic E-state index is 12.9. The molecule has 0 saturated carbocycles. The number of carboxylic acids is 1. The average molecular weight is 587 g/mol. The molecular weight excluding hydrogens is 548 g/mol. The minimum atomic E-state index is -1.11. The molecule has 1 heterocycles. The summed E-state index contributed by atoms with van der Waals surface area (Å²) in [7, 11) is 0. The van der Waals surface area contributed by atoms with Crippen LogP contribution in [0.2, 0.25) is 5.15 Å². The molecule has 41 heavy (non-hydrogen) atoms. The second-order valence-corrected chi connectivity index (χ2v) is 10.9. The van der Waals surface area contributed by atoms with Crippen molar-refractivity contribution >= 4 is 29.4 Å². The summed E-state index contributed by atoms with van der Waals surface area (Å²) in [6.07, 6.45) is 8.01. The summed E-state index contributed by atoms with van der Waals surface area (Å²) in [5.41, 5.74) is 2.78. The number of hydroxylamine groups is 1. The molecule has 0 spiro atoms. The minimum Gasteiger partial charge on any atom is -0.478 e. The van der Waals surface area contributed by atoms with Crippen LogP contribution in [0.4, 0.5) is 0 Å². The number of hydrogen-bond acceptors (Lipinski definition) is 6. The predicted octanol–water partition coefficient (Wildman–Crippen LogP) is 4.97. The second-order valence-electron chi connectivity index (χ2n) is 10.6. The summed E-state index contributed by atoms with van der Waals surface area (Å²) >= 11 is 6.54. The van der Waals surface area contributed by atoms with Crippen molar-refractivity contribution in [2.45, 2.75) is 72.1 Å². The topological polar surface area (TPSA) is 143 Å². The number of benzene rings is 1. The van der Waals surface area contributed by atoms with Crippen LogP contribution in [0.5, 0.6) is 0 Å². The van der Waals surface area contributed by atoms with Gasteiger partial charge in [0, 0.05) is 18.5 Å². The molecule has 2 amide bonds. The predicted molar refractivity (Wildman–Crippen MR) is 154 cm³/mol. The molecule has 4 N–H and O–H groups in total. The quantitative estimate of drug-likeness (QED) is 0.131. The van der Waals surface area contributed by atoms with Crippen LogP contribution in [-0.4, -0.2) is 37.6 Å². The Balaban J connectivity index is 1.73. The monoisotopic (exact) mass is 586 g/mol. The fraction of sp³-hybridized carbons (Fsp3) is 0.467. The lowest BCUT2D eigenvalue weighted by molar-refractivity contribution is -0.148. The molecule has 1 aromatic heterocycles. The number of rotatable bonds is 15. The largest absolute Gasteiger partial charge is 0.478 e. The second kappa shape index (κ2) is 15.4. The Kier molecular flexibility index (Phi) is 12.0. The molecule has 1 aliphatic carbocycles. The first kappa shape index (κ1) is 31.9. The number of carbonyl (C=O) groups is 3. The summed E-state index contributed by atoms with van der Waals surface area (Å²) in [5, 5.41) is 21.9. The summed E-state index contributed by atoms with van der Waals surface area (Å²) in [4.78, 5) is 41.4. The van der Waals surface area contributed by atoms with Crippen molar-refractivity contribution < 1.29 is 29.4 Å². The fourth-order valence-corrected chi connectivity index (χ4v) is 4.99. The van der Waals surface area contributed by atoms with Crippen LogP contribution in [-0.2, 0) is 38.6 Å². The van der Waals surface area contributed by atoms with Gasteiger partial charge in [0.1, 0.15) is 17.5 Å². The van der Waals surface area contributed by atoms with Gasteiger partial charge in [0.25, 0.3) is 5.91 Å². The molecule has 3 unspecified atom stereocenters. The third kappa shape index (κ3) is 8.93. The average Bonchev–Trinajstić information content (AvgIpc) is 3.25. The van der Waals surface area contributed by atoms with Crippen molar-refractivity contribution in [2.24, 2.45) is 17.8 Å². The molecule has 3 rings (SSSR count). The lowest BCUT2D eigenvalue weighted by atomic mass is 9.95. The molecule has 3 atom stereocenters. The third-order valence-corrected chi connectivity index (χ3v) is 7.19. The number of allylic oxidation sites excluding steroid dienone is 3. The molecule has 2 aromatic rings. The molecular formula is C30H39ClN4O6. The van der Waals surface area contributed by atoms with E-state index in [1.54, 1.807) is 35.8 Å². The van der Waals surface area contributed by atoms with E-state index in [-0.39, 0.29) is 30.0 Å². The van der Waals surface area contributed by atoms with Gasteiger partial charge in [-0.1, -0.05) is 75.2 Å². The zero-order valence-corrected chi connectivity index (χ0v) is 24.4. The summed E-state index contributed by atoms with van der Waals surface area (Å²) in [6.45, 7) is 6.49. The van der Waals surface area contributed by atoms with E-state index in [9.17, 15) is 19.5 Å². The van der Waals surface area contributed by atoms with E-state index in [1.807, 2.05) is 36.6 Å². The van der Waals surface area contributed by atoms with Crippen LogP contribution in [0.1, 0.15) is 69.6 Å². The van der Waals surface area contributed by atoms with Gasteiger partial charge in [-0.05, 0) is 43.3 Å². The van der Waals surface area contributed by atoms with Gasteiger partial charge in [-0.3, -0.25) is 14.8 Å². The minimum absolute atomic E-state index is 0.0521. The van der Waals surface area contributed by atoms with E-state index < -0.39 is 29.8 Å². The molecule has 0 saturated heterocycles. The SMILES string of the molecule is CCCCc1nc(Cl)c(CNC(=O)C(CC(C)C)C(=O)NO)n1CC1C=CC(OC(C(=O)O)c2ccccc2)=CC1. The van der Waals surface area contributed by atoms with Crippen molar-refractivity contribution in [3.8, 4) is 0 Å². The number of unbranched alkanes of at least 4 members (excludes halogenated alkanes) is 1. The molecule has 0 fully saturated rings. The highest BCUT2D eigenvalue weighted by Gasteiger charge is 2.28. The number of halogens is 1. The highest BCUT2D eigenvalue weighted by atomic mass is 35.5. The Hall–Kier alpha value is -3.63. The lowest BCUT2D eigenvalue weighted by Gasteiger charge is -2.22. The molecule has 10 nitrogen and oxygen atoms in total. The first-order valence-electron chi connectivity index (χ1n) is 13.9. The van der Waals surface area contributed by atoms with Gasteiger partial charge in [0.15, 0.2) is 5.15 Å². The molecule has 1 aromatic carbocycles. The Morgan fingerprint density at radius 2 is 1.93 bits per heavy atom. The van der Waals surface area contributed by atoms with E-state index in [1.165, 1.54) is 0 Å². The standard InChI is InChI=1S/C30H39ClN4O6/c1-4-5-11-25-33-27(31)24(17-32-28(36)23(16-19(2)3)29(37)34-40)35(25)18-20-12-14-22(15-13-20)41-26(30(38)39)21-9-7-6-8-10-21/h6-10,12,14-15,19-20,23,26,40H,4-5,11,13,16-18H2,1-3H3,(H,32,36)(H,34,37)(H,38,39). The zero-order valence-electron chi connectivity index (χ0n) is 23.7. The number of amides is 2. The molecule has 222 valence electrons. The van der Waals surface area contributed by atoms with Crippen molar-refractivity contribution in [1.82, 2.24) is 20.3 Å². The fourth-order valence-electron chi connectivity index (χ4n) is 4.72. The Bertz CT molecular complexity index is 1260. The zero-order chi connectivity index (χ0) is 29.9. The number of hydrogen-bond donors (Lipinski definition) is 4. The smallest absolute Gasteiger partial charge is 0.349 e. The van der Waals surface area contributed by atoms with Gasteiger partial charge < -0.3 is 19.7 Å². The van der Waals surface area contributed by atoms with Gasteiger partial charge in [-0.15, -0.1) is 0 Å². The summed E-state index contributed by atoms with van der Waals surface area (Å²) in [6, 6.07) is 8.80. The van der Waals surface area contributed by atoms with Crippen LogP contribution in [0, 0.1) is 17.8 Å². The van der Waals surface area contributed by atoms with E-state index in [2.05, 4.69) is 17.2 Å². The number of aryl methyl sites for hydroxylation is 1. The van der Waals surface area contributed by atoms with Crippen LogP contribution in [0.15, 0.2) is 54.3 Å². The maximum Gasteiger partial charge on any atom is 0.349 e. The summed E-state index contributed by atoms with van der Waals surface area (Å²) < 4.78 is 7.84. The van der Waals surface area contributed by atoms with Crippen molar-refractivity contribution in [2.75, 3.05) is 0 Å². The van der Waals surface area contributed by atoms with Gasteiger partial charge in [0.2, 0.25) is 12.0 Å². The number of aliphatic carboxylic acids is 1. The van der Waals surface area contributed by atoms with Crippen LogP contribution >= 0.6 is 11.6 Å². The summed E-state index contributed by atoms with van der Waals surface area (Å²) in [5.74, 6) is -1.95. The number of nitrogens with zero attached hydrogens (tertiary/aromatic N) is 2. The first-order valence-corrected chi connectivity index (χ1v) is 14.3. The van der Waals surface area contributed by atoms with Gasteiger partial charge >= 0.3 is 5.97 Å². The third-order valence-electron chi connectivity index (χ3n) is 6.89. The van der Waals surface area contributed by atoms with Crippen molar-refractivity contribution in [3.05, 3.63) is 76.6 Å². The van der Waals surface area contributed by atoms with Crippen LogP contribution in [0.25, 0.3) is 0 Å². The first-order chi connectivity index (χ1) is 19.6. The van der Waals surface area contributed by atoms with E-state index >= 15 is 0 Å². The number of nitrogens with one attached hydrogen (secondary N) is 2. The van der Waals surface area contributed by atoms with Gasteiger partial charge in [-0.25, -0.2) is 15.3 Å². The van der Waals surface area contributed by atoms with Crippen LogP contribution in [0.3, 0.4) is 0 Å². The number of imidazole rings is 1. The van der Waals surface area contributed by atoms with Crippen molar-refractivity contribution in [1.29, 1.82) is 0 Å². The van der Waals surface area contributed by atoms with E-state index in [0.717, 1.165) is 18.7 Å². The van der Waals surface area contributed by atoms with Crippen LogP contribution < -0.4 is 10.8 Å². The molecule has 0 aliphatic heterocycles. The molecule has 0 bridgehead atoms. The van der Waals surface area contributed by atoms with E-state index in [4.69, 9.17) is 21.5 Å². The normalized spacial score (nSPS) is 16.1.